The van der Waals surface area contributed by atoms with Crippen molar-refractivity contribution >= 4 is 31.9 Å². The Morgan fingerprint density at radius 3 is 2.44 bits per heavy atom. The summed E-state index contributed by atoms with van der Waals surface area (Å²) >= 11 is 3.41. The molecule has 3 rings (SSSR count). The highest BCUT2D eigenvalue weighted by molar-refractivity contribution is 9.10. The zero-order chi connectivity index (χ0) is 19.6. The fourth-order valence-corrected chi connectivity index (χ4v) is 5.18. The van der Waals surface area contributed by atoms with Gasteiger partial charge in [0.1, 0.15) is 10.6 Å². The van der Waals surface area contributed by atoms with Crippen LogP contribution in [0.1, 0.15) is 48.3 Å². The Balaban J connectivity index is 1.80. The summed E-state index contributed by atoms with van der Waals surface area (Å²) in [6.45, 7) is 3.09. The molecule has 1 atom stereocenters. The predicted molar refractivity (Wildman–Crippen MR) is 108 cm³/mol. The Kier molecular flexibility index (Phi) is 6.08. The summed E-state index contributed by atoms with van der Waals surface area (Å²) in [4.78, 5) is 13.0. The molecular formula is C19H24BrN3O3S. The first-order valence-electron chi connectivity index (χ1n) is 9.05. The number of sulfonamides is 1. The number of carbonyl (C=O) groups is 1. The molecule has 0 saturated carbocycles. The standard InChI is InChI=1S/C19H24BrN3O3S/c1-3-17(14-6-8-15(20)9-7-14)21-19(24)18-12-16(13-22(18)2)27(25,26)23-10-4-5-11-23/h6-9,12-13,17H,3-5,10-11H2,1-2H3,(H,21,24). The second-order valence-corrected chi connectivity index (χ2v) is 9.62. The maximum absolute atomic E-state index is 12.8. The number of benzene rings is 1. The van der Waals surface area contributed by atoms with Gasteiger partial charge in [-0.2, -0.15) is 4.31 Å². The molecule has 2 aromatic rings. The highest BCUT2D eigenvalue weighted by atomic mass is 79.9. The van der Waals surface area contributed by atoms with Crippen LogP contribution >= 0.6 is 15.9 Å². The van der Waals surface area contributed by atoms with Gasteiger partial charge < -0.3 is 9.88 Å². The number of halogens is 1. The van der Waals surface area contributed by atoms with Gasteiger partial charge >= 0.3 is 0 Å². The van der Waals surface area contributed by atoms with Gasteiger partial charge in [0.05, 0.1) is 6.04 Å². The zero-order valence-electron chi connectivity index (χ0n) is 15.5. The second kappa shape index (κ2) is 8.16. The molecule has 0 bridgehead atoms. The van der Waals surface area contributed by atoms with Crippen molar-refractivity contribution in [1.29, 1.82) is 0 Å². The van der Waals surface area contributed by atoms with Crippen molar-refractivity contribution in [3.8, 4) is 0 Å². The number of amides is 1. The maximum Gasteiger partial charge on any atom is 0.268 e. The van der Waals surface area contributed by atoms with Crippen LogP contribution in [0.3, 0.4) is 0 Å². The van der Waals surface area contributed by atoms with E-state index in [2.05, 4.69) is 21.2 Å². The van der Waals surface area contributed by atoms with Crippen LogP contribution in [-0.2, 0) is 17.1 Å². The van der Waals surface area contributed by atoms with Crippen molar-refractivity contribution < 1.29 is 13.2 Å². The summed E-state index contributed by atoms with van der Waals surface area (Å²) in [5.74, 6) is -0.282. The topological polar surface area (TPSA) is 71.4 Å². The first-order chi connectivity index (χ1) is 12.8. The van der Waals surface area contributed by atoms with Gasteiger partial charge in [0, 0.05) is 30.8 Å². The third-order valence-corrected chi connectivity index (χ3v) is 7.29. The fourth-order valence-electron chi connectivity index (χ4n) is 3.33. The Morgan fingerprint density at radius 2 is 1.85 bits per heavy atom. The van der Waals surface area contributed by atoms with Gasteiger partial charge in [0.15, 0.2) is 0 Å². The van der Waals surface area contributed by atoms with Crippen LogP contribution in [0.4, 0.5) is 0 Å². The molecule has 1 aliphatic rings. The number of hydrogen-bond acceptors (Lipinski definition) is 3. The average molecular weight is 454 g/mol. The SMILES string of the molecule is CCC(NC(=O)c1cc(S(=O)(=O)N2CCCC2)cn1C)c1ccc(Br)cc1. The number of rotatable bonds is 6. The van der Waals surface area contributed by atoms with Crippen LogP contribution in [-0.4, -0.2) is 36.3 Å². The molecule has 0 radical (unpaired) electrons. The van der Waals surface area contributed by atoms with Crippen molar-refractivity contribution in [2.24, 2.45) is 7.05 Å². The minimum Gasteiger partial charge on any atom is -0.345 e. The second-order valence-electron chi connectivity index (χ2n) is 6.77. The molecule has 0 aliphatic carbocycles. The lowest BCUT2D eigenvalue weighted by Gasteiger charge is -2.17. The van der Waals surface area contributed by atoms with Crippen molar-refractivity contribution in [1.82, 2.24) is 14.2 Å². The van der Waals surface area contributed by atoms with Crippen LogP contribution < -0.4 is 5.32 Å². The molecule has 1 N–H and O–H groups in total. The van der Waals surface area contributed by atoms with E-state index in [0.29, 0.717) is 18.8 Å². The van der Waals surface area contributed by atoms with E-state index in [-0.39, 0.29) is 16.8 Å². The highest BCUT2D eigenvalue weighted by Crippen LogP contribution is 2.24. The Bertz CT molecular complexity index is 916. The minimum absolute atomic E-state index is 0.140. The number of nitrogens with one attached hydrogen (secondary N) is 1. The molecule has 1 unspecified atom stereocenters. The molecular weight excluding hydrogens is 430 g/mol. The van der Waals surface area contributed by atoms with E-state index in [1.165, 1.54) is 16.6 Å². The number of carbonyl (C=O) groups excluding carboxylic acids is 1. The summed E-state index contributed by atoms with van der Waals surface area (Å²) in [6.07, 6.45) is 4.01. The fraction of sp³-hybridized carbons (Fsp3) is 0.421. The van der Waals surface area contributed by atoms with Crippen molar-refractivity contribution in [2.75, 3.05) is 13.1 Å². The maximum atomic E-state index is 12.8. The van der Waals surface area contributed by atoms with Gasteiger partial charge in [0.2, 0.25) is 10.0 Å². The minimum atomic E-state index is -3.54. The Hall–Kier alpha value is -1.64. The van der Waals surface area contributed by atoms with Gasteiger partial charge in [-0.1, -0.05) is 35.0 Å². The molecule has 146 valence electrons. The van der Waals surface area contributed by atoms with Crippen molar-refractivity contribution in [3.63, 3.8) is 0 Å². The number of nitrogens with zero attached hydrogens (tertiary/aromatic N) is 2. The monoisotopic (exact) mass is 453 g/mol. The van der Waals surface area contributed by atoms with Gasteiger partial charge in [-0.05, 0) is 43.0 Å². The van der Waals surface area contributed by atoms with E-state index >= 15 is 0 Å². The van der Waals surface area contributed by atoms with E-state index in [4.69, 9.17) is 0 Å². The smallest absolute Gasteiger partial charge is 0.268 e. The molecule has 1 saturated heterocycles. The predicted octanol–water partition coefficient (Wildman–Crippen LogP) is 3.45. The van der Waals surface area contributed by atoms with Crippen LogP contribution in [0.15, 0.2) is 45.9 Å². The molecule has 8 heteroatoms. The third-order valence-electron chi connectivity index (χ3n) is 4.90. The summed E-state index contributed by atoms with van der Waals surface area (Å²) in [5, 5.41) is 3.01. The van der Waals surface area contributed by atoms with Gasteiger partial charge in [-0.25, -0.2) is 8.42 Å². The summed E-state index contributed by atoms with van der Waals surface area (Å²) in [6, 6.07) is 9.14. The van der Waals surface area contributed by atoms with Gasteiger partial charge in [0.25, 0.3) is 5.91 Å². The lowest BCUT2D eigenvalue weighted by Crippen LogP contribution is -2.29. The Morgan fingerprint density at radius 1 is 1.22 bits per heavy atom. The summed E-state index contributed by atoms with van der Waals surface area (Å²) in [7, 11) is -1.84. The molecule has 2 heterocycles. The van der Waals surface area contributed by atoms with Crippen LogP contribution in [0.2, 0.25) is 0 Å². The third kappa shape index (κ3) is 4.28. The summed E-state index contributed by atoms with van der Waals surface area (Å²) in [5.41, 5.74) is 1.34. The molecule has 27 heavy (non-hydrogen) atoms. The summed E-state index contributed by atoms with van der Waals surface area (Å²) < 4.78 is 29.5. The lowest BCUT2D eigenvalue weighted by molar-refractivity contribution is 0.0927. The van der Waals surface area contributed by atoms with Crippen molar-refractivity contribution in [3.05, 3.63) is 52.3 Å². The van der Waals surface area contributed by atoms with E-state index < -0.39 is 10.0 Å². The highest BCUT2D eigenvalue weighted by Gasteiger charge is 2.29. The van der Waals surface area contributed by atoms with E-state index in [0.717, 1.165) is 29.3 Å². The number of aromatic nitrogens is 1. The normalized spacial score (nSPS) is 16.4. The van der Waals surface area contributed by atoms with E-state index in [9.17, 15) is 13.2 Å². The Labute approximate surface area is 168 Å². The molecule has 1 amide bonds. The van der Waals surface area contributed by atoms with E-state index in [1.807, 2.05) is 31.2 Å². The van der Waals surface area contributed by atoms with Gasteiger partial charge in [-0.3, -0.25) is 4.79 Å². The van der Waals surface area contributed by atoms with Crippen molar-refractivity contribution in [2.45, 2.75) is 37.1 Å². The first-order valence-corrected chi connectivity index (χ1v) is 11.3. The van der Waals surface area contributed by atoms with Crippen LogP contribution in [0.25, 0.3) is 0 Å². The van der Waals surface area contributed by atoms with Crippen LogP contribution in [0, 0.1) is 0 Å². The number of hydrogen-bond donors (Lipinski definition) is 1. The largest absolute Gasteiger partial charge is 0.345 e. The zero-order valence-corrected chi connectivity index (χ0v) is 17.9. The molecule has 1 aromatic carbocycles. The lowest BCUT2D eigenvalue weighted by atomic mass is 10.0. The molecule has 1 aromatic heterocycles. The van der Waals surface area contributed by atoms with Crippen LogP contribution in [0.5, 0.6) is 0 Å². The average Bonchev–Trinajstić information content (AvgIpc) is 3.30. The number of aryl methyl sites for hydroxylation is 1. The first kappa shape index (κ1) is 20.1. The van der Waals surface area contributed by atoms with E-state index in [1.54, 1.807) is 11.6 Å². The quantitative estimate of drug-likeness (QED) is 0.727. The molecule has 6 nitrogen and oxygen atoms in total. The molecule has 0 spiro atoms. The van der Waals surface area contributed by atoms with Gasteiger partial charge in [-0.15, -0.1) is 0 Å². The molecule has 1 aliphatic heterocycles. The molecule has 1 fully saturated rings.